The van der Waals surface area contributed by atoms with Gasteiger partial charge in [0.25, 0.3) is 5.91 Å². The summed E-state index contributed by atoms with van der Waals surface area (Å²) in [5.41, 5.74) is 5.04. The number of esters is 1. The SMILES string of the molecule is CCN(CC)C(=O)COC(=O)c1c2c(nc3ccccc13)C(=Cc1ccc(Cl)cc1)CC2. The highest BCUT2D eigenvalue weighted by Gasteiger charge is 2.28. The van der Waals surface area contributed by atoms with Gasteiger partial charge in [0, 0.05) is 23.5 Å². The maximum Gasteiger partial charge on any atom is 0.339 e. The highest BCUT2D eigenvalue weighted by molar-refractivity contribution is 6.30. The minimum absolute atomic E-state index is 0.193. The number of para-hydroxylation sites is 1. The second-order valence-corrected chi connectivity index (χ2v) is 8.13. The number of nitrogens with zero attached hydrogens (tertiary/aromatic N) is 2. The van der Waals surface area contributed by atoms with E-state index in [1.807, 2.05) is 62.4 Å². The predicted molar refractivity (Wildman–Crippen MR) is 128 cm³/mol. The van der Waals surface area contributed by atoms with E-state index in [1.54, 1.807) is 4.90 Å². The molecule has 0 fully saturated rings. The average molecular weight is 449 g/mol. The first-order chi connectivity index (χ1) is 15.5. The molecule has 0 saturated heterocycles. The molecule has 4 rings (SSSR count). The van der Waals surface area contributed by atoms with Gasteiger partial charge in [-0.2, -0.15) is 0 Å². The molecule has 0 radical (unpaired) electrons. The van der Waals surface area contributed by atoms with Gasteiger partial charge in [0.05, 0.1) is 16.8 Å². The zero-order valence-electron chi connectivity index (χ0n) is 18.2. The number of pyridine rings is 1. The summed E-state index contributed by atoms with van der Waals surface area (Å²) in [4.78, 5) is 32.0. The Morgan fingerprint density at radius 3 is 2.50 bits per heavy atom. The van der Waals surface area contributed by atoms with E-state index in [4.69, 9.17) is 21.3 Å². The number of carbonyl (C=O) groups is 2. The van der Waals surface area contributed by atoms with Gasteiger partial charge < -0.3 is 9.64 Å². The number of fused-ring (bicyclic) bond motifs is 2. The summed E-state index contributed by atoms with van der Waals surface area (Å²) in [5.74, 6) is -0.672. The molecule has 1 aromatic heterocycles. The number of likely N-dealkylation sites (N-methyl/N-ethyl adjacent to an activating group) is 1. The molecule has 5 nitrogen and oxygen atoms in total. The van der Waals surface area contributed by atoms with Crippen LogP contribution in [0.5, 0.6) is 0 Å². The second-order valence-electron chi connectivity index (χ2n) is 7.69. The fourth-order valence-electron chi connectivity index (χ4n) is 4.14. The number of halogens is 1. The van der Waals surface area contributed by atoms with Crippen LogP contribution in [0.15, 0.2) is 48.5 Å². The topological polar surface area (TPSA) is 59.5 Å². The first-order valence-corrected chi connectivity index (χ1v) is 11.2. The van der Waals surface area contributed by atoms with Crippen molar-refractivity contribution in [2.75, 3.05) is 19.7 Å². The molecule has 6 heteroatoms. The van der Waals surface area contributed by atoms with E-state index >= 15 is 0 Å². The van der Waals surface area contributed by atoms with Gasteiger partial charge in [0.15, 0.2) is 6.61 Å². The first kappa shape index (κ1) is 22.0. The fourth-order valence-corrected chi connectivity index (χ4v) is 4.27. The van der Waals surface area contributed by atoms with E-state index in [0.29, 0.717) is 30.1 Å². The molecule has 164 valence electrons. The van der Waals surface area contributed by atoms with Crippen LogP contribution in [0.1, 0.15) is 47.4 Å². The number of amides is 1. The Balaban J connectivity index is 1.71. The second kappa shape index (κ2) is 9.53. The lowest BCUT2D eigenvalue weighted by molar-refractivity contribution is -0.134. The van der Waals surface area contributed by atoms with Crippen molar-refractivity contribution in [2.24, 2.45) is 0 Å². The van der Waals surface area contributed by atoms with Crippen LogP contribution in [-0.4, -0.2) is 41.5 Å². The van der Waals surface area contributed by atoms with Crippen molar-refractivity contribution in [1.29, 1.82) is 0 Å². The third-order valence-corrected chi connectivity index (χ3v) is 6.05. The number of benzene rings is 2. The lowest BCUT2D eigenvalue weighted by Gasteiger charge is -2.18. The summed E-state index contributed by atoms with van der Waals surface area (Å²) in [7, 11) is 0. The van der Waals surface area contributed by atoms with Gasteiger partial charge in [-0.15, -0.1) is 0 Å². The summed E-state index contributed by atoms with van der Waals surface area (Å²) in [6.45, 7) is 4.71. The van der Waals surface area contributed by atoms with Crippen LogP contribution < -0.4 is 0 Å². The minimum Gasteiger partial charge on any atom is -0.452 e. The summed E-state index contributed by atoms with van der Waals surface area (Å²) >= 11 is 6.01. The van der Waals surface area contributed by atoms with Crippen molar-refractivity contribution in [3.05, 3.63) is 75.9 Å². The van der Waals surface area contributed by atoms with Crippen molar-refractivity contribution >= 4 is 46.0 Å². The first-order valence-electron chi connectivity index (χ1n) is 10.8. The predicted octanol–water partition coefficient (Wildman–Crippen LogP) is 5.40. The van der Waals surface area contributed by atoms with E-state index < -0.39 is 5.97 Å². The molecule has 1 aliphatic rings. The summed E-state index contributed by atoms with van der Waals surface area (Å²) in [6, 6.07) is 15.2. The lowest BCUT2D eigenvalue weighted by atomic mass is 10.0. The zero-order chi connectivity index (χ0) is 22.7. The Morgan fingerprint density at radius 1 is 1.06 bits per heavy atom. The Bertz CT molecular complexity index is 1200. The molecule has 0 bridgehead atoms. The monoisotopic (exact) mass is 448 g/mol. The van der Waals surface area contributed by atoms with Gasteiger partial charge in [-0.3, -0.25) is 4.79 Å². The van der Waals surface area contributed by atoms with Crippen LogP contribution >= 0.6 is 11.6 Å². The molecular formula is C26H25ClN2O3. The molecule has 32 heavy (non-hydrogen) atoms. The third kappa shape index (κ3) is 4.39. The fraction of sp³-hybridized carbons (Fsp3) is 0.269. The van der Waals surface area contributed by atoms with Crippen LogP contribution in [0.25, 0.3) is 22.6 Å². The number of aromatic nitrogens is 1. The molecule has 2 aromatic carbocycles. The molecule has 1 heterocycles. The largest absolute Gasteiger partial charge is 0.452 e. The minimum atomic E-state index is -0.479. The van der Waals surface area contributed by atoms with E-state index in [9.17, 15) is 9.59 Å². The van der Waals surface area contributed by atoms with E-state index in [-0.39, 0.29) is 12.5 Å². The van der Waals surface area contributed by atoms with Gasteiger partial charge in [-0.25, -0.2) is 9.78 Å². The van der Waals surface area contributed by atoms with E-state index in [1.165, 1.54) is 0 Å². The van der Waals surface area contributed by atoms with E-state index in [2.05, 4.69) is 6.08 Å². The Labute approximate surface area is 192 Å². The maximum atomic E-state index is 13.2. The molecule has 1 amide bonds. The number of allylic oxidation sites excluding steroid dienone is 1. The lowest BCUT2D eigenvalue weighted by Crippen LogP contribution is -2.34. The van der Waals surface area contributed by atoms with Crippen LogP contribution in [0.3, 0.4) is 0 Å². The van der Waals surface area contributed by atoms with Gasteiger partial charge in [-0.05, 0) is 67.7 Å². The molecule has 0 aliphatic heterocycles. The Kier molecular flexibility index (Phi) is 6.56. The number of hydrogen-bond donors (Lipinski definition) is 0. The smallest absolute Gasteiger partial charge is 0.339 e. The molecule has 0 saturated carbocycles. The summed E-state index contributed by atoms with van der Waals surface area (Å²) in [6.07, 6.45) is 3.56. The molecule has 1 aliphatic carbocycles. The number of rotatable bonds is 6. The van der Waals surface area contributed by atoms with Crippen LogP contribution in [-0.2, 0) is 16.0 Å². The Morgan fingerprint density at radius 2 is 1.78 bits per heavy atom. The van der Waals surface area contributed by atoms with Gasteiger partial charge >= 0.3 is 5.97 Å². The number of carbonyl (C=O) groups excluding carboxylic acids is 2. The van der Waals surface area contributed by atoms with Crippen molar-refractivity contribution in [3.8, 4) is 0 Å². The molecule has 0 N–H and O–H groups in total. The van der Waals surface area contributed by atoms with Crippen molar-refractivity contribution in [1.82, 2.24) is 9.88 Å². The summed E-state index contributed by atoms with van der Waals surface area (Å²) < 4.78 is 5.48. The van der Waals surface area contributed by atoms with Gasteiger partial charge in [0.1, 0.15) is 0 Å². The van der Waals surface area contributed by atoms with Crippen molar-refractivity contribution < 1.29 is 14.3 Å². The average Bonchev–Trinajstić information content (AvgIpc) is 3.20. The Hall–Kier alpha value is -3.18. The van der Waals surface area contributed by atoms with Crippen LogP contribution in [0.2, 0.25) is 5.02 Å². The van der Waals surface area contributed by atoms with E-state index in [0.717, 1.165) is 39.7 Å². The normalized spacial score (nSPS) is 13.9. The zero-order valence-corrected chi connectivity index (χ0v) is 19.0. The number of ether oxygens (including phenoxy) is 1. The molecule has 3 aromatic rings. The standard InChI is InChI=1S/C26H25ClN2O3/c1-3-29(4-2)23(30)16-32-26(31)24-20-7-5-6-8-22(20)28-25-18(11-14-21(24)25)15-17-9-12-19(27)13-10-17/h5-10,12-13,15H,3-4,11,14,16H2,1-2H3. The molecule has 0 spiro atoms. The van der Waals surface area contributed by atoms with Gasteiger partial charge in [-0.1, -0.05) is 41.9 Å². The van der Waals surface area contributed by atoms with Gasteiger partial charge in [0.2, 0.25) is 0 Å². The van der Waals surface area contributed by atoms with Crippen LogP contribution in [0.4, 0.5) is 0 Å². The quantitative estimate of drug-likeness (QED) is 0.474. The van der Waals surface area contributed by atoms with Crippen LogP contribution in [0, 0.1) is 0 Å². The summed E-state index contributed by atoms with van der Waals surface area (Å²) in [5, 5.41) is 1.44. The molecule has 0 unspecified atom stereocenters. The highest BCUT2D eigenvalue weighted by Crippen LogP contribution is 2.37. The van der Waals surface area contributed by atoms with Crippen molar-refractivity contribution in [3.63, 3.8) is 0 Å². The molecule has 0 atom stereocenters. The maximum absolute atomic E-state index is 13.2. The highest BCUT2D eigenvalue weighted by atomic mass is 35.5. The number of hydrogen-bond acceptors (Lipinski definition) is 4. The molecular weight excluding hydrogens is 424 g/mol. The third-order valence-electron chi connectivity index (χ3n) is 5.80. The van der Waals surface area contributed by atoms with Crippen molar-refractivity contribution in [2.45, 2.75) is 26.7 Å².